The first-order chi connectivity index (χ1) is 57.1. The van der Waals surface area contributed by atoms with Crippen LogP contribution in [0.15, 0.2) is 146 Å². The normalized spacial score (nSPS) is 17.4. The van der Waals surface area contributed by atoms with Gasteiger partial charge in [-0.1, -0.05) is 50.0 Å². The summed E-state index contributed by atoms with van der Waals surface area (Å²) in [5.74, 6) is -30.7. The molecule has 3 saturated heterocycles. The minimum absolute atomic E-state index is 0.00163. The van der Waals surface area contributed by atoms with Gasteiger partial charge in [0.25, 0.3) is 47.3 Å². The average Bonchev–Trinajstić information content (AvgIpc) is 0.787. The van der Waals surface area contributed by atoms with E-state index in [2.05, 4.69) is 21.3 Å². The number of hydrogen-bond donors (Lipinski definition) is 8. The van der Waals surface area contributed by atoms with Gasteiger partial charge in [-0.15, -0.1) is 0 Å². The number of likely N-dealkylation sites (N-methyl/N-ethyl adjacent to an activating group) is 1. The lowest BCUT2D eigenvalue weighted by Crippen LogP contribution is -2.52. The molecule has 122 heavy (non-hydrogen) atoms. The lowest BCUT2D eigenvalue weighted by molar-refractivity contribution is -0.165. The van der Waals surface area contributed by atoms with E-state index in [-0.39, 0.29) is 120 Å². The molecule has 3 fully saturated rings. The molecule has 11 rings (SSSR count). The van der Waals surface area contributed by atoms with E-state index in [9.17, 15) is 93.9 Å². The van der Waals surface area contributed by atoms with Crippen LogP contribution in [0.25, 0.3) is 0 Å². The van der Waals surface area contributed by atoms with Crippen molar-refractivity contribution in [1.82, 2.24) is 19.6 Å². The van der Waals surface area contributed by atoms with Gasteiger partial charge >= 0.3 is 23.7 Å². The number of anilines is 4. The van der Waals surface area contributed by atoms with E-state index in [1.165, 1.54) is 113 Å². The van der Waals surface area contributed by atoms with E-state index in [1.54, 1.807) is 20.8 Å². The molecule has 654 valence electrons. The Bertz CT molecular complexity index is 4840. The Morgan fingerprint density at radius 1 is 0.377 bits per heavy atom. The average molecular weight is 1760 g/mol. The summed E-state index contributed by atoms with van der Waals surface area (Å²) in [6.07, 6.45) is -2.83. The molecular formula is C86H86Cl2F14N8O12. The molecule has 0 aromatic heterocycles. The quantitative estimate of drug-likeness (QED) is 0.0351. The number of piperidine rings is 3. The number of alkyl halides is 8. The highest BCUT2D eigenvalue weighted by Gasteiger charge is 2.51. The van der Waals surface area contributed by atoms with Gasteiger partial charge in [0, 0.05) is 109 Å². The number of nitrogens with zero attached hydrogens (tertiary/aromatic N) is 4. The van der Waals surface area contributed by atoms with E-state index >= 15 is 26.3 Å². The van der Waals surface area contributed by atoms with Crippen molar-refractivity contribution in [3.63, 3.8) is 0 Å². The number of carbonyl (C=O) groups excluding carboxylic acids is 8. The van der Waals surface area contributed by atoms with Crippen LogP contribution in [0.5, 0.6) is 0 Å². The number of rotatable bonds is 19. The van der Waals surface area contributed by atoms with Crippen LogP contribution in [-0.4, -0.2) is 164 Å². The Hall–Kier alpha value is -11.0. The highest BCUT2D eigenvalue weighted by molar-refractivity contribution is 6.32. The van der Waals surface area contributed by atoms with Crippen LogP contribution in [0.4, 0.5) is 84.2 Å². The zero-order valence-electron chi connectivity index (χ0n) is 66.7. The number of nitrogens with one attached hydrogen (secondary N) is 4. The molecule has 8 aromatic rings. The number of β-amino-alcohol motifs (C(OH)–C–C–N with tert-alkyl or cyclic N) is 1. The zero-order chi connectivity index (χ0) is 90.5. The van der Waals surface area contributed by atoms with Crippen molar-refractivity contribution in [2.45, 2.75) is 129 Å². The SMILES string of the molecule is CCCN(CC)C(=O)C(F)(F)c1cc(C(=O)Nc2ccc(F)c(F)c2)ccc1F.Cc1cc(NC(=O)c2ccc(C)c(C(F)(F)C(=O)N3CC[C@@H](O)[C@H](O)C3)c2)ccc1F.Cc1cc(NC(=O)c2ccc(Cl)c(C(F)(F)C(=O)N3CC[C@@H](O)[C@@H](C)C3)c2)ccc1F.Cc1cc(NC(=O)c2ccc(Cl)c(C(F)(F)C(=O)N3CC[C@H](O)[C@H](C)C3)c2)ccc1F. The van der Waals surface area contributed by atoms with Crippen LogP contribution in [-0.2, 0) is 42.9 Å². The second-order valence-electron chi connectivity index (χ2n) is 29.5. The van der Waals surface area contributed by atoms with Crippen molar-refractivity contribution in [2.75, 3.05) is 73.6 Å². The van der Waals surface area contributed by atoms with Gasteiger partial charge in [0.1, 0.15) is 23.3 Å². The van der Waals surface area contributed by atoms with Crippen LogP contribution in [0, 0.1) is 74.4 Å². The Morgan fingerprint density at radius 3 is 1.05 bits per heavy atom. The number of aliphatic hydroxyl groups is 4. The van der Waals surface area contributed by atoms with Crippen molar-refractivity contribution in [3.8, 4) is 0 Å². The van der Waals surface area contributed by atoms with Gasteiger partial charge in [0.2, 0.25) is 0 Å². The lowest BCUT2D eigenvalue weighted by atomic mass is 9.95. The maximum Gasteiger partial charge on any atom is 0.352 e. The third-order valence-corrected chi connectivity index (χ3v) is 21.0. The minimum Gasteiger partial charge on any atom is -0.393 e. The number of aliphatic hydroxyl groups excluding tert-OH is 4. The Kier molecular flexibility index (Phi) is 32.2. The van der Waals surface area contributed by atoms with Crippen molar-refractivity contribution < 1.29 is 120 Å². The van der Waals surface area contributed by atoms with E-state index < -0.39 is 159 Å². The summed E-state index contributed by atoms with van der Waals surface area (Å²) in [6, 6.07) is 26.7. The second-order valence-corrected chi connectivity index (χ2v) is 30.3. The lowest BCUT2D eigenvalue weighted by Gasteiger charge is -2.36. The predicted octanol–water partition coefficient (Wildman–Crippen LogP) is 16.2. The van der Waals surface area contributed by atoms with Crippen molar-refractivity contribution in [1.29, 1.82) is 0 Å². The van der Waals surface area contributed by atoms with E-state index in [4.69, 9.17) is 23.2 Å². The number of benzene rings is 8. The largest absolute Gasteiger partial charge is 0.393 e. The van der Waals surface area contributed by atoms with Gasteiger partial charge in [-0.3, -0.25) is 38.4 Å². The van der Waals surface area contributed by atoms with Gasteiger partial charge in [-0.05, 0) is 228 Å². The number of carbonyl (C=O) groups is 8. The summed E-state index contributed by atoms with van der Waals surface area (Å²) >= 11 is 11.9. The molecule has 0 spiro atoms. The summed E-state index contributed by atoms with van der Waals surface area (Å²) in [5, 5.41) is 47.9. The van der Waals surface area contributed by atoms with E-state index in [1.807, 2.05) is 0 Å². The molecule has 0 unspecified atom stereocenters. The van der Waals surface area contributed by atoms with Crippen LogP contribution < -0.4 is 21.3 Å². The van der Waals surface area contributed by atoms with Crippen molar-refractivity contribution in [3.05, 3.63) is 257 Å². The van der Waals surface area contributed by atoms with Crippen molar-refractivity contribution in [2.24, 2.45) is 11.8 Å². The summed E-state index contributed by atoms with van der Waals surface area (Å²) in [7, 11) is 0. The molecule has 0 radical (unpaired) electrons. The summed E-state index contributed by atoms with van der Waals surface area (Å²) in [4.78, 5) is 103. The van der Waals surface area contributed by atoms with Gasteiger partial charge < -0.3 is 61.3 Å². The molecule has 6 atom stereocenters. The smallest absolute Gasteiger partial charge is 0.352 e. The first kappa shape index (κ1) is 96.4. The van der Waals surface area contributed by atoms with Crippen LogP contribution >= 0.6 is 23.2 Å². The fourth-order valence-electron chi connectivity index (χ4n) is 13.0. The number of hydrogen-bond acceptors (Lipinski definition) is 12. The Morgan fingerprint density at radius 2 is 0.697 bits per heavy atom. The fourth-order valence-corrected chi connectivity index (χ4v) is 13.5. The molecular weight excluding hydrogens is 1670 g/mol. The van der Waals surface area contributed by atoms with Gasteiger partial charge in [-0.2, -0.15) is 35.1 Å². The van der Waals surface area contributed by atoms with Crippen LogP contribution in [0.2, 0.25) is 10.0 Å². The second kappa shape index (κ2) is 40.8. The summed E-state index contributed by atoms with van der Waals surface area (Å²) < 4.78 is 200. The number of likely N-dealkylation sites (tertiary alicyclic amines) is 3. The molecule has 0 saturated carbocycles. The van der Waals surface area contributed by atoms with E-state index in [0.717, 1.165) is 68.1 Å². The zero-order valence-corrected chi connectivity index (χ0v) is 68.2. The van der Waals surface area contributed by atoms with Gasteiger partial charge in [-0.25, -0.2) is 26.3 Å². The standard InChI is InChI=1S/2C22H22ClF3N2O3.C22H23F3N2O4.C20H19F5N2O2/c2*1-12-9-15(4-6-18(12)24)27-20(30)14-3-5-17(23)16(10-14)22(25,26)21(31)28-8-7-19(29)13(2)11-28;1-12-3-4-14(20(30)26-15-5-6-17(23)13(2)9-15)10-16(12)22(24,25)21(31)27-8-7-18(28)19(29)11-27;1-3-9-27(4-2)19(29)20(24,25)14-10-12(5-7-15(14)21)18(28)26-13-6-8-16(22)17(23)11-13/h2*3-6,9-10,13,19,29H,7-8,11H2,1-2H3,(H,27,30);3-6,9-10,18-19,28-29H,7-8,11H2,1-2H3,(H,26,30);5-8,10-11H,3-4,9H2,1-2H3,(H,26,28)/t2*13-,19+;18-,19-;/m101./s1. The third kappa shape index (κ3) is 23.4. The Balaban J connectivity index is 0.000000202. The van der Waals surface area contributed by atoms with Crippen molar-refractivity contribution >= 4 is 93.2 Å². The highest BCUT2D eigenvalue weighted by atomic mass is 35.5. The molecule has 8 N–H and O–H groups in total. The highest BCUT2D eigenvalue weighted by Crippen LogP contribution is 2.41. The first-order valence-electron chi connectivity index (χ1n) is 38.0. The molecule has 3 heterocycles. The maximum atomic E-state index is 15.1. The monoisotopic (exact) mass is 1760 g/mol. The predicted molar refractivity (Wildman–Crippen MR) is 426 cm³/mol. The topological polar surface area (TPSA) is 279 Å². The maximum absolute atomic E-state index is 15.1. The molecule has 3 aliphatic heterocycles. The molecule has 0 bridgehead atoms. The van der Waals surface area contributed by atoms with Gasteiger partial charge in [0.05, 0.1) is 51.2 Å². The number of aryl methyl sites for hydroxylation is 4. The molecule has 36 heteroatoms. The first-order valence-corrected chi connectivity index (χ1v) is 38.8. The van der Waals surface area contributed by atoms with E-state index in [0.29, 0.717) is 58.4 Å². The summed E-state index contributed by atoms with van der Waals surface area (Å²) in [6.45, 7) is 12.1. The number of amides is 8. The van der Waals surface area contributed by atoms with Crippen LogP contribution in [0.1, 0.15) is 139 Å². The molecule has 20 nitrogen and oxygen atoms in total. The molecule has 0 aliphatic carbocycles. The third-order valence-electron chi connectivity index (χ3n) is 20.3. The minimum atomic E-state index is -4.19. The fraction of sp³-hybridized carbons (Fsp3) is 0.349. The van der Waals surface area contributed by atoms with Gasteiger partial charge in [0.15, 0.2) is 11.6 Å². The molecule has 3 aliphatic rings. The summed E-state index contributed by atoms with van der Waals surface area (Å²) in [5.41, 5.74) is -2.32. The number of halogens is 16. The molecule has 8 amide bonds. The molecule has 8 aromatic carbocycles. The van der Waals surface area contributed by atoms with Crippen LogP contribution in [0.3, 0.4) is 0 Å². The Labute approximate surface area is 701 Å².